The van der Waals surface area contributed by atoms with E-state index in [1.165, 1.54) is 12.8 Å². The summed E-state index contributed by atoms with van der Waals surface area (Å²) < 4.78 is 1.98. The summed E-state index contributed by atoms with van der Waals surface area (Å²) in [5.41, 5.74) is 0. The average Bonchev–Trinajstić information content (AvgIpc) is 3.27. The van der Waals surface area contributed by atoms with Gasteiger partial charge in [0.05, 0.1) is 5.92 Å². The Balaban J connectivity index is 0.00000225. The Bertz CT molecular complexity index is 701. The summed E-state index contributed by atoms with van der Waals surface area (Å²) in [4.78, 5) is 34.4. The van der Waals surface area contributed by atoms with Crippen molar-refractivity contribution in [3.05, 3.63) is 18.2 Å². The van der Waals surface area contributed by atoms with Gasteiger partial charge in [0.1, 0.15) is 11.9 Å². The van der Waals surface area contributed by atoms with Crippen LogP contribution in [-0.4, -0.2) is 63.4 Å². The summed E-state index contributed by atoms with van der Waals surface area (Å²) >= 11 is 0. The van der Waals surface area contributed by atoms with Crippen molar-refractivity contribution in [2.24, 2.45) is 18.9 Å². The first kappa shape index (κ1) is 21.1. The highest BCUT2D eigenvalue weighted by molar-refractivity contribution is 5.89. The van der Waals surface area contributed by atoms with E-state index < -0.39 is 0 Å². The molecule has 1 aromatic heterocycles. The lowest BCUT2D eigenvalue weighted by Gasteiger charge is -2.37. The monoisotopic (exact) mass is 409 g/mol. The minimum atomic E-state index is -0.210. The second-order valence-electron chi connectivity index (χ2n) is 8.51. The SMILES string of the molecule is CC1CCC(N2CC(C(=O)N3CCNCC3c3nccn3C)CC2=O)CC1.Cl. The lowest BCUT2D eigenvalue weighted by molar-refractivity contribution is -0.139. The van der Waals surface area contributed by atoms with Gasteiger partial charge in [0.15, 0.2) is 0 Å². The predicted octanol–water partition coefficient (Wildman–Crippen LogP) is 1.74. The van der Waals surface area contributed by atoms with Crippen molar-refractivity contribution >= 4 is 24.2 Å². The van der Waals surface area contributed by atoms with Crippen molar-refractivity contribution in [2.75, 3.05) is 26.2 Å². The molecular weight excluding hydrogens is 378 g/mol. The summed E-state index contributed by atoms with van der Waals surface area (Å²) in [6.07, 6.45) is 8.59. The maximum Gasteiger partial charge on any atom is 0.228 e. The molecule has 8 heteroatoms. The number of nitrogens with one attached hydrogen (secondary N) is 1. The largest absolute Gasteiger partial charge is 0.339 e. The molecule has 4 rings (SSSR count). The number of likely N-dealkylation sites (tertiary alicyclic amines) is 1. The average molecular weight is 410 g/mol. The van der Waals surface area contributed by atoms with E-state index in [1.807, 2.05) is 27.6 Å². The number of hydrogen-bond donors (Lipinski definition) is 1. The summed E-state index contributed by atoms with van der Waals surface area (Å²) in [7, 11) is 1.96. The maximum atomic E-state index is 13.3. The molecule has 28 heavy (non-hydrogen) atoms. The van der Waals surface area contributed by atoms with E-state index in [4.69, 9.17) is 0 Å². The van der Waals surface area contributed by atoms with Gasteiger partial charge in [0.25, 0.3) is 0 Å². The van der Waals surface area contributed by atoms with Crippen LogP contribution in [0.15, 0.2) is 12.4 Å². The number of halogens is 1. The molecular formula is C20H32ClN5O2. The fourth-order valence-electron chi connectivity index (χ4n) is 4.94. The molecule has 3 fully saturated rings. The molecule has 2 saturated heterocycles. The number of carbonyl (C=O) groups excluding carboxylic acids is 2. The Hall–Kier alpha value is -1.60. The van der Waals surface area contributed by atoms with Gasteiger partial charge in [-0.05, 0) is 31.6 Å². The van der Waals surface area contributed by atoms with Gasteiger partial charge < -0.3 is 19.7 Å². The van der Waals surface area contributed by atoms with Crippen LogP contribution in [0, 0.1) is 11.8 Å². The van der Waals surface area contributed by atoms with Gasteiger partial charge in [-0.25, -0.2) is 4.98 Å². The molecule has 2 aliphatic heterocycles. The number of aromatic nitrogens is 2. The van der Waals surface area contributed by atoms with E-state index in [-0.39, 0.29) is 36.2 Å². The lowest BCUT2D eigenvalue weighted by atomic mass is 9.86. The van der Waals surface area contributed by atoms with Crippen LogP contribution in [0.25, 0.3) is 0 Å². The van der Waals surface area contributed by atoms with Crippen LogP contribution in [-0.2, 0) is 16.6 Å². The Labute approximate surface area is 173 Å². The number of rotatable bonds is 3. The summed E-state index contributed by atoms with van der Waals surface area (Å²) in [6.45, 7) is 5.05. The molecule has 2 atom stereocenters. The third kappa shape index (κ3) is 4.06. The van der Waals surface area contributed by atoms with E-state index in [9.17, 15) is 9.59 Å². The van der Waals surface area contributed by atoms with Crippen LogP contribution >= 0.6 is 12.4 Å². The highest BCUT2D eigenvalue weighted by Gasteiger charge is 2.42. The van der Waals surface area contributed by atoms with Crippen molar-refractivity contribution in [3.63, 3.8) is 0 Å². The van der Waals surface area contributed by atoms with E-state index >= 15 is 0 Å². The number of imidazole rings is 1. The molecule has 1 aliphatic carbocycles. The van der Waals surface area contributed by atoms with Crippen LogP contribution in [0.3, 0.4) is 0 Å². The summed E-state index contributed by atoms with van der Waals surface area (Å²) in [5, 5.41) is 3.37. The van der Waals surface area contributed by atoms with Crippen LogP contribution in [0.1, 0.15) is 50.9 Å². The topological polar surface area (TPSA) is 70.5 Å². The number of piperazine rings is 1. The van der Waals surface area contributed by atoms with Gasteiger partial charge >= 0.3 is 0 Å². The van der Waals surface area contributed by atoms with Gasteiger partial charge in [-0.15, -0.1) is 12.4 Å². The second kappa shape index (κ2) is 8.82. The van der Waals surface area contributed by atoms with Crippen molar-refractivity contribution < 1.29 is 9.59 Å². The molecule has 1 aromatic rings. The Morgan fingerprint density at radius 2 is 2.00 bits per heavy atom. The zero-order chi connectivity index (χ0) is 19.0. The molecule has 0 bridgehead atoms. The Morgan fingerprint density at radius 1 is 1.25 bits per heavy atom. The molecule has 1 N–H and O–H groups in total. The van der Waals surface area contributed by atoms with Gasteiger partial charge in [-0.3, -0.25) is 9.59 Å². The first-order chi connectivity index (χ1) is 13.0. The number of amides is 2. The van der Waals surface area contributed by atoms with Crippen molar-refractivity contribution in [2.45, 2.75) is 51.1 Å². The summed E-state index contributed by atoms with van der Waals surface area (Å²) in [5.74, 6) is 1.73. The highest BCUT2D eigenvalue weighted by atomic mass is 35.5. The van der Waals surface area contributed by atoms with Crippen LogP contribution in [0.2, 0.25) is 0 Å². The van der Waals surface area contributed by atoms with E-state index in [0.717, 1.165) is 31.1 Å². The highest BCUT2D eigenvalue weighted by Crippen LogP contribution is 2.33. The normalized spacial score (nSPS) is 31.0. The van der Waals surface area contributed by atoms with E-state index in [2.05, 4.69) is 17.2 Å². The lowest BCUT2D eigenvalue weighted by Crippen LogP contribution is -2.51. The quantitative estimate of drug-likeness (QED) is 0.825. The third-order valence-corrected chi connectivity index (χ3v) is 6.62. The predicted molar refractivity (Wildman–Crippen MR) is 109 cm³/mol. The fraction of sp³-hybridized carbons (Fsp3) is 0.750. The first-order valence-electron chi connectivity index (χ1n) is 10.3. The minimum absolute atomic E-state index is 0. The minimum Gasteiger partial charge on any atom is -0.339 e. The van der Waals surface area contributed by atoms with Crippen molar-refractivity contribution in [3.8, 4) is 0 Å². The van der Waals surface area contributed by atoms with Crippen molar-refractivity contribution in [1.82, 2.24) is 24.7 Å². The van der Waals surface area contributed by atoms with Crippen molar-refractivity contribution in [1.29, 1.82) is 0 Å². The number of hydrogen-bond acceptors (Lipinski definition) is 4. The van der Waals surface area contributed by atoms with Crippen LogP contribution in [0.4, 0.5) is 0 Å². The molecule has 2 unspecified atom stereocenters. The molecule has 3 aliphatic rings. The zero-order valence-electron chi connectivity index (χ0n) is 16.8. The summed E-state index contributed by atoms with van der Waals surface area (Å²) in [6, 6.07) is 0.269. The standard InChI is InChI=1S/C20H31N5O2.ClH/c1-14-3-5-16(6-4-14)25-13-15(11-18(25)26)20(27)24-10-7-21-12-17(24)19-22-8-9-23(19)2;/h8-9,14-17,21H,3-7,10-13H2,1-2H3;1H. The molecule has 0 spiro atoms. The maximum absolute atomic E-state index is 13.3. The van der Waals surface area contributed by atoms with Crippen LogP contribution in [0.5, 0.6) is 0 Å². The van der Waals surface area contributed by atoms with E-state index in [1.54, 1.807) is 6.20 Å². The molecule has 7 nitrogen and oxygen atoms in total. The molecule has 0 radical (unpaired) electrons. The molecule has 1 saturated carbocycles. The number of aryl methyl sites for hydroxylation is 1. The fourth-order valence-corrected chi connectivity index (χ4v) is 4.94. The molecule has 2 amide bonds. The Kier molecular flexibility index (Phi) is 6.65. The number of nitrogens with zero attached hydrogens (tertiary/aromatic N) is 4. The molecule has 156 valence electrons. The second-order valence-corrected chi connectivity index (χ2v) is 8.51. The van der Waals surface area contributed by atoms with Gasteiger partial charge in [-0.1, -0.05) is 6.92 Å². The zero-order valence-corrected chi connectivity index (χ0v) is 17.7. The van der Waals surface area contributed by atoms with Gasteiger partial charge in [0, 0.05) is 58.1 Å². The van der Waals surface area contributed by atoms with Gasteiger partial charge in [-0.2, -0.15) is 0 Å². The smallest absolute Gasteiger partial charge is 0.228 e. The Morgan fingerprint density at radius 3 is 2.68 bits per heavy atom. The van der Waals surface area contributed by atoms with Gasteiger partial charge in [0.2, 0.25) is 11.8 Å². The molecule has 3 heterocycles. The third-order valence-electron chi connectivity index (χ3n) is 6.62. The first-order valence-corrected chi connectivity index (χ1v) is 10.3. The molecule has 0 aromatic carbocycles. The van der Waals surface area contributed by atoms with E-state index in [0.29, 0.717) is 32.1 Å². The number of carbonyl (C=O) groups is 2. The van der Waals surface area contributed by atoms with Crippen LogP contribution < -0.4 is 5.32 Å².